The summed E-state index contributed by atoms with van der Waals surface area (Å²) in [5.74, 6) is -4.60. The van der Waals surface area contributed by atoms with Gasteiger partial charge in [0, 0.05) is 0 Å². The van der Waals surface area contributed by atoms with Crippen molar-refractivity contribution in [3.63, 3.8) is 0 Å². The molecule has 6 nitrogen and oxygen atoms in total. The van der Waals surface area contributed by atoms with Crippen LogP contribution in [-0.4, -0.2) is 30.3 Å². The smallest absolute Gasteiger partial charge is 0.357 e. The number of nitrogens with one attached hydrogen (secondary N) is 1. The van der Waals surface area contributed by atoms with Gasteiger partial charge in [-0.25, -0.2) is 8.78 Å². The number of nitrogens with zero attached hydrogens (tertiary/aromatic N) is 2. The Labute approximate surface area is 128 Å². The maximum absolute atomic E-state index is 13.6. The average molecular weight is 335 g/mol. The second-order valence-corrected chi connectivity index (χ2v) is 4.64. The van der Waals surface area contributed by atoms with Crippen LogP contribution in [0.1, 0.15) is 6.92 Å². The molecule has 2 rings (SSSR count). The van der Waals surface area contributed by atoms with Gasteiger partial charge >= 0.3 is 12.3 Å². The minimum Gasteiger partial charge on any atom is -0.497 e. The minimum absolute atomic E-state index is 0.237. The van der Waals surface area contributed by atoms with Gasteiger partial charge in [0.05, 0.1) is 12.8 Å². The molecule has 1 aliphatic heterocycles. The van der Waals surface area contributed by atoms with Crippen LogP contribution in [0, 0.1) is 0 Å². The van der Waals surface area contributed by atoms with Crippen LogP contribution in [-0.2, 0) is 4.84 Å². The number of allylic oxidation sites excluding steroid dienone is 1. The lowest BCUT2D eigenvalue weighted by atomic mass is 10.0. The molecular weight excluding hydrogens is 322 g/mol. The van der Waals surface area contributed by atoms with Gasteiger partial charge in [0.1, 0.15) is 11.5 Å². The second-order valence-electron chi connectivity index (χ2n) is 4.64. The number of ether oxygens (including phenoxy) is 1. The molecule has 0 saturated carbocycles. The summed E-state index contributed by atoms with van der Waals surface area (Å²) in [6.45, 7) is 1.18. The molecule has 0 fully saturated rings. The molecule has 0 saturated heterocycles. The summed E-state index contributed by atoms with van der Waals surface area (Å²) in [4.78, 5) is 4.54. The Bertz CT molecular complexity index is 634. The summed E-state index contributed by atoms with van der Waals surface area (Å²) in [5.41, 5.74) is -2.60. The maximum atomic E-state index is 13.6. The number of hydrogen-bond acceptors (Lipinski definition) is 6. The number of hydroxylamine groups is 1. The van der Waals surface area contributed by atoms with Crippen molar-refractivity contribution in [3.05, 3.63) is 35.7 Å². The molecule has 0 bridgehead atoms. The van der Waals surface area contributed by atoms with E-state index < -0.39 is 23.8 Å². The molecule has 1 heterocycles. The van der Waals surface area contributed by atoms with Crippen molar-refractivity contribution >= 4 is 5.69 Å². The predicted molar refractivity (Wildman–Crippen MR) is 70.3 cm³/mol. The van der Waals surface area contributed by atoms with Crippen molar-refractivity contribution in [2.24, 2.45) is 10.2 Å². The van der Waals surface area contributed by atoms with Crippen LogP contribution in [0.2, 0.25) is 0 Å². The molecule has 0 aliphatic carbocycles. The summed E-state index contributed by atoms with van der Waals surface area (Å²) in [6.07, 6.45) is -4.14. The zero-order valence-electron chi connectivity index (χ0n) is 12.1. The lowest BCUT2D eigenvalue weighted by molar-refractivity contribution is -0.257. The third kappa shape index (κ3) is 2.99. The van der Waals surface area contributed by atoms with Crippen LogP contribution >= 0.6 is 0 Å². The Morgan fingerprint density at radius 2 is 1.87 bits per heavy atom. The number of hydrogen-bond donors (Lipinski definition) is 2. The Morgan fingerprint density at radius 3 is 2.39 bits per heavy atom. The van der Waals surface area contributed by atoms with Crippen LogP contribution in [0.4, 0.5) is 23.2 Å². The van der Waals surface area contributed by atoms with Crippen molar-refractivity contribution in [1.82, 2.24) is 5.48 Å². The number of alkyl halides is 4. The molecule has 0 aromatic heterocycles. The van der Waals surface area contributed by atoms with Gasteiger partial charge < -0.3 is 14.7 Å². The van der Waals surface area contributed by atoms with Gasteiger partial charge in [-0.1, -0.05) is 0 Å². The highest BCUT2D eigenvalue weighted by atomic mass is 19.3. The van der Waals surface area contributed by atoms with Crippen LogP contribution in [0.3, 0.4) is 0 Å². The molecule has 0 spiro atoms. The lowest BCUT2D eigenvalue weighted by Crippen LogP contribution is -2.60. The molecule has 1 aliphatic rings. The molecule has 0 radical (unpaired) electrons. The lowest BCUT2D eigenvalue weighted by Gasteiger charge is -2.29. The van der Waals surface area contributed by atoms with Crippen molar-refractivity contribution in [3.8, 4) is 5.75 Å². The van der Waals surface area contributed by atoms with Gasteiger partial charge in [-0.15, -0.1) is 10.6 Å². The van der Waals surface area contributed by atoms with Gasteiger partial charge in [-0.2, -0.15) is 13.9 Å². The zero-order chi connectivity index (χ0) is 17.3. The summed E-state index contributed by atoms with van der Waals surface area (Å²) >= 11 is 0. The molecule has 2 N–H and O–H groups in total. The van der Waals surface area contributed by atoms with Gasteiger partial charge in [-0.3, -0.25) is 0 Å². The monoisotopic (exact) mass is 335 g/mol. The van der Waals surface area contributed by atoms with Gasteiger partial charge in [0.25, 0.3) is 5.72 Å². The van der Waals surface area contributed by atoms with Gasteiger partial charge in [0.15, 0.2) is 5.70 Å². The summed E-state index contributed by atoms with van der Waals surface area (Å²) in [6, 6.07) is 6.01. The first kappa shape index (κ1) is 17.2. The van der Waals surface area contributed by atoms with E-state index in [0.717, 1.165) is 0 Å². The van der Waals surface area contributed by atoms with E-state index in [1.165, 1.54) is 31.6 Å². The van der Waals surface area contributed by atoms with Gasteiger partial charge in [-0.05, 0) is 31.2 Å². The van der Waals surface area contributed by atoms with Crippen molar-refractivity contribution < 1.29 is 32.2 Å². The first-order valence-corrected chi connectivity index (χ1v) is 6.32. The van der Waals surface area contributed by atoms with E-state index in [9.17, 15) is 22.7 Å². The molecule has 1 aromatic carbocycles. The normalized spacial score (nSPS) is 22.1. The van der Waals surface area contributed by atoms with Crippen LogP contribution in [0.5, 0.6) is 5.75 Å². The highest BCUT2D eigenvalue weighted by Crippen LogP contribution is 2.42. The molecule has 10 heteroatoms. The number of aliphatic hydroxyl groups is 1. The van der Waals surface area contributed by atoms with E-state index in [1.54, 1.807) is 12.1 Å². The van der Waals surface area contributed by atoms with E-state index in [4.69, 9.17) is 4.74 Å². The van der Waals surface area contributed by atoms with E-state index in [0.29, 0.717) is 5.75 Å². The zero-order valence-corrected chi connectivity index (χ0v) is 12.1. The molecule has 1 atom stereocenters. The van der Waals surface area contributed by atoms with Gasteiger partial charge in [0.2, 0.25) is 0 Å². The molecule has 1 aromatic rings. The highest BCUT2D eigenvalue weighted by molar-refractivity contribution is 5.41. The van der Waals surface area contributed by atoms with E-state index >= 15 is 0 Å². The predicted octanol–water partition coefficient (Wildman–Crippen LogP) is 3.13. The standard InChI is InChI=1S/C13H13F4N3O3/c1-7-10(13(21,20-23-7)12(16,17)11(14)15)19-18-8-3-5-9(22-2)6-4-8/h3-6,11,20-21H,1-2H3. The SMILES string of the molecule is COc1ccc(N=NC2=C(C)ONC2(O)C(F)(F)C(F)F)cc1. The molecule has 23 heavy (non-hydrogen) atoms. The fraction of sp³-hybridized carbons (Fsp3) is 0.385. The number of benzene rings is 1. The number of azo groups is 1. The minimum atomic E-state index is -4.83. The summed E-state index contributed by atoms with van der Waals surface area (Å²) < 4.78 is 57.2. The summed E-state index contributed by atoms with van der Waals surface area (Å²) in [5, 5.41) is 17.0. The molecule has 126 valence electrons. The largest absolute Gasteiger partial charge is 0.497 e. The van der Waals surface area contributed by atoms with E-state index in [-0.39, 0.29) is 11.4 Å². The fourth-order valence-electron chi connectivity index (χ4n) is 1.79. The Hall–Kier alpha value is -2.20. The summed E-state index contributed by atoms with van der Waals surface area (Å²) in [7, 11) is 1.46. The first-order chi connectivity index (χ1) is 10.7. The topological polar surface area (TPSA) is 75.4 Å². The number of rotatable bonds is 5. The van der Waals surface area contributed by atoms with Crippen molar-refractivity contribution in [1.29, 1.82) is 0 Å². The Morgan fingerprint density at radius 1 is 1.26 bits per heavy atom. The van der Waals surface area contributed by atoms with Crippen LogP contribution in [0.25, 0.3) is 0 Å². The average Bonchev–Trinajstić information content (AvgIpc) is 2.82. The Kier molecular flexibility index (Phi) is 4.57. The first-order valence-electron chi connectivity index (χ1n) is 6.32. The van der Waals surface area contributed by atoms with E-state index in [2.05, 4.69) is 15.1 Å². The highest BCUT2D eigenvalue weighted by Gasteiger charge is 2.66. The van der Waals surface area contributed by atoms with E-state index in [1.807, 2.05) is 0 Å². The fourth-order valence-corrected chi connectivity index (χ4v) is 1.79. The Balaban J connectivity index is 2.32. The number of halogens is 4. The third-order valence-corrected chi connectivity index (χ3v) is 3.12. The maximum Gasteiger partial charge on any atom is 0.357 e. The quantitative estimate of drug-likeness (QED) is 0.640. The van der Waals surface area contributed by atoms with Crippen molar-refractivity contribution in [2.75, 3.05) is 7.11 Å². The van der Waals surface area contributed by atoms with Crippen molar-refractivity contribution in [2.45, 2.75) is 25.0 Å². The van der Waals surface area contributed by atoms with Crippen LogP contribution < -0.4 is 10.2 Å². The molecule has 1 unspecified atom stereocenters. The molecule has 0 amide bonds. The second kappa shape index (κ2) is 6.13. The number of methoxy groups -OCH3 is 1. The van der Waals surface area contributed by atoms with Crippen LogP contribution in [0.15, 0.2) is 46.0 Å². The molecular formula is C13H13F4N3O3. The third-order valence-electron chi connectivity index (χ3n) is 3.12.